The molecule has 1 N–H and O–H groups in total. The number of benzene rings is 2. The Kier molecular flexibility index (Phi) is 5.02. The molecule has 0 aliphatic rings. The van der Waals surface area contributed by atoms with E-state index in [0.717, 1.165) is 11.8 Å². The van der Waals surface area contributed by atoms with Gasteiger partial charge in [-0.05, 0) is 42.3 Å². The average Bonchev–Trinajstić information content (AvgIpc) is 3.01. The standard InChI is InChI=1S/C18H15N3O3S2/c1-26(23,24)14-7-8-15-16(10-14)25-18(20-15)21-17(22)9-6-12-2-4-13(11-19)5-3-12/h2-5,7-8,10H,6,9H2,1H3,(H,20,21,22). The van der Waals surface area contributed by atoms with Gasteiger partial charge in [-0.1, -0.05) is 23.5 Å². The van der Waals surface area contributed by atoms with Gasteiger partial charge in [0.25, 0.3) is 0 Å². The number of carbonyl (C=O) groups is 1. The Morgan fingerprint density at radius 2 is 1.96 bits per heavy atom. The van der Waals surface area contributed by atoms with E-state index < -0.39 is 9.84 Å². The highest BCUT2D eigenvalue weighted by molar-refractivity contribution is 7.90. The zero-order valence-corrected chi connectivity index (χ0v) is 15.5. The second-order valence-electron chi connectivity index (χ2n) is 5.78. The lowest BCUT2D eigenvalue weighted by Gasteiger charge is -2.02. The number of aromatic nitrogens is 1. The van der Waals surface area contributed by atoms with Crippen LogP contribution in [-0.4, -0.2) is 25.6 Å². The summed E-state index contributed by atoms with van der Waals surface area (Å²) in [5.41, 5.74) is 2.20. The normalized spacial score (nSPS) is 11.2. The van der Waals surface area contributed by atoms with Crippen LogP contribution in [0.2, 0.25) is 0 Å². The quantitative estimate of drug-likeness (QED) is 0.727. The molecule has 3 rings (SSSR count). The van der Waals surface area contributed by atoms with E-state index in [1.54, 1.807) is 24.3 Å². The molecule has 0 aliphatic carbocycles. The Morgan fingerprint density at radius 3 is 2.62 bits per heavy atom. The zero-order chi connectivity index (χ0) is 18.7. The molecule has 8 heteroatoms. The molecule has 3 aromatic rings. The lowest BCUT2D eigenvalue weighted by molar-refractivity contribution is -0.116. The Hall–Kier alpha value is -2.76. The van der Waals surface area contributed by atoms with E-state index in [0.29, 0.717) is 27.3 Å². The van der Waals surface area contributed by atoms with E-state index in [4.69, 9.17) is 5.26 Å². The molecule has 0 saturated carbocycles. The fourth-order valence-electron chi connectivity index (χ4n) is 2.37. The maximum Gasteiger partial charge on any atom is 0.226 e. The third-order valence-corrected chi connectivity index (χ3v) is 5.80. The summed E-state index contributed by atoms with van der Waals surface area (Å²) in [6.07, 6.45) is 2.00. The Bertz CT molecular complexity index is 1110. The molecule has 1 heterocycles. The molecule has 6 nitrogen and oxygen atoms in total. The van der Waals surface area contributed by atoms with Crippen LogP contribution in [0.15, 0.2) is 47.4 Å². The van der Waals surface area contributed by atoms with Crippen molar-refractivity contribution in [2.75, 3.05) is 11.6 Å². The van der Waals surface area contributed by atoms with Gasteiger partial charge in [0.15, 0.2) is 15.0 Å². The molecule has 0 fully saturated rings. The minimum atomic E-state index is -3.28. The van der Waals surface area contributed by atoms with Gasteiger partial charge in [0, 0.05) is 12.7 Å². The number of nitrogens with one attached hydrogen (secondary N) is 1. The first-order chi connectivity index (χ1) is 12.3. The fourth-order valence-corrected chi connectivity index (χ4v) is 4.02. The van der Waals surface area contributed by atoms with Gasteiger partial charge in [-0.3, -0.25) is 4.79 Å². The number of fused-ring (bicyclic) bond motifs is 1. The molecule has 1 aromatic heterocycles. The maximum absolute atomic E-state index is 12.1. The van der Waals surface area contributed by atoms with Gasteiger partial charge in [0.05, 0.1) is 26.7 Å². The number of hydrogen-bond donors (Lipinski definition) is 1. The topological polar surface area (TPSA) is 99.9 Å². The van der Waals surface area contributed by atoms with Gasteiger partial charge in [0.1, 0.15) is 0 Å². The first-order valence-corrected chi connectivity index (χ1v) is 10.5. The van der Waals surface area contributed by atoms with Crippen molar-refractivity contribution < 1.29 is 13.2 Å². The molecule has 0 spiro atoms. The summed E-state index contributed by atoms with van der Waals surface area (Å²) in [5, 5.41) is 12.0. The molecule has 0 aliphatic heterocycles. The summed E-state index contributed by atoms with van der Waals surface area (Å²) < 4.78 is 23.9. The summed E-state index contributed by atoms with van der Waals surface area (Å²) in [6, 6.07) is 13.9. The molecule has 132 valence electrons. The van der Waals surface area contributed by atoms with E-state index in [1.807, 2.05) is 12.1 Å². The second kappa shape index (κ2) is 7.23. The van der Waals surface area contributed by atoms with Crippen LogP contribution in [0.5, 0.6) is 0 Å². The lowest BCUT2D eigenvalue weighted by atomic mass is 10.1. The van der Waals surface area contributed by atoms with Crippen LogP contribution in [0.1, 0.15) is 17.5 Å². The van der Waals surface area contributed by atoms with Gasteiger partial charge >= 0.3 is 0 Å². The number of rotatable bonds is 5. The highest BCUT2D eigenvalue weighted by atomic mass is 32.2. The number of sulfone groups is 1. The maximum atomic E-state index is 12.1. The average molecular weight is 385 g/mol. The molecule has 0 unspecified atom stereocenters. The van der Waals surface area contributed by atoms with Crippen molar-refractivity contribution in [3.8, 4) is 6.07 Å². The largest absolute Gasteiger partial charge is 0.302 e. The van der Waals surface area contributed by atoms with Gasteiger partial charge in [0.2, 0.25) is 5.91 Å². The van der Waals surface area contributed by atoms with Crippen molar-refractivity contribution >= 4 is 42.4 Å². The zero-order valence-electron chi connectivity index (χ0n) is 13.9. The van der Waals surface area contributed by atoms with Crippen LogP contribution < -0.4 is 5.32 Å². The molecule has 1 amide bonds. The molecule has 2 aromatic carbocycles. The number of amides is 1. The van der Waals surface area contributed by atoms with Gasteiger partial charge in [-0.15, -0.1) is 0 Å². The summed E-state index contributed by atoms with van der Waals surface area (Å²) in [4.78, 5) is 16.7. The number of aryl methyl sites for hydroxylation is 1. The number of thiazole rings is 1. The van der Waals surface area contributed by atoms with Gasteiger partial charge < -0.3 is 5.32 Å². The first-order valence-electron chi connectivity index (χ1n) is 7.75. The Morgan fingerprint density at radius 1 is 1.23 bits per heavy atom. The Labute approximate surface area is 155 Å². The predicted octanol–water partition coefficient (Wildman–Crippen LogP) is 3.14. The van der Waals surface area contributed by atoms with E-state index in [9.17, 15) is 13.2 Å². The third-order valence-electron chi connectivity index (χ3n) is 3.76. The molecular weight excluding hydrogens is 370 g/mol. The fraction of sp³-hybridized carbons (Fsp3) is 0.167. The number of nitrogens with zero attached hydrogens (tertiary/aromatic N) is 2. The number of hydrogen-bond acceptors (Lipinski definition) is 6. The molecule has 0 atom stereocenters. The van der Waals surface area contributed by atoms with Crippen LogP contribution in [-0.2, 0) is 21.1 Å². The smallest absolute Gasteiger partial charge is 0.226 e. The van der Waals surface area contributed by atoms with Crippen molar-refractivity contribution in [2.45, 2.75) is 17.7 Å². The van der Waals surface area contributed by atoms with E-state index in [2.05, 4.69) is 16.4 Å². The molecular formula is C18H15N3O3S2. The van der Waals surface area contributed by atoms with Crippen LogP contribution in [0, 0.1) is 11.3 Å². The summed E-state index contributed by atoms with van der Waals surface area (Å²) >= 11 is 1.24. The summed E-state index contributed by atoms with van der Waals surface area (Å²) in [7, 11) is -3.28. The van der Waals surface area contributed by atoms with Crippen molar-refractivity contribution in [1.29, 1.82) is 5.26 Å². The van der Waals surface area contributed by atoms with Gasteiger partial charge in [-0.2, -0.15) is 5.26 Å². The van der Waals surface area contributed by atoms with Crippen LogP contribution in [0.25, 0.3) is 10.2 Å². The van der Waals surface area contributed by atoms with E-state index in [-0.39, 0.29) is 17.2 Å². The van der Waals surface area contributed by atoms with Crippen molar-refractivity contribution in [3.63, 3.8) is 0 Å². The third kappa shape index (κ3) is 4.25. The number of nitriles is 1. The predicted molar refractivity (Wildman–Crippen MR) is 101 cm³/mol. The van der Waals surface area contributed by atoms with E-state index >= 15 is 0 Å². The minimum Gasteiger partial charge on any atom is -0.302 e. The van der Waals surface area contributed by atoms with Crippen molar-refractivity contribution in [1.82, 2.24) is 4.98 Å². The van der Waals surface area contributed by atoms with E-state index in [1.165, 1.54) is 17.4 Å². The molecule has 26 heavy (non-hydrogen) atoms. The molecule has 0 radical (unpaired) electrons. The number of carbonyl (C=O) groups excluding carboxylic acids is 1. The first kappa shape index (κ1) is 18.0. The van der Waals surface area contributed by atoms with Crippen molar-refractivity contribution in [3.05, 3.63) is 53.6 Å². The van der Waals surface area contributed by atoms with Crippen LogP contribution in [0.3, 0.4) is 0 Å². The van der Waals surface area contributed by atoms with Gasteiger partial charge in [-0.25, -0.2) is 13.4 Å². The van der Waals surface area contributed by atoms with Crippen LogP contribution >= 0.6 is 11.3 Å². The molecule has 0 bridgehead atoms. The highest BCUT2D eigenvalue weighted by Crippen LogP contribution is 2.28. The monoisotopic (exact) mass is 385 g/mol. The van der Waals surface area contributed by atoms with Crippen LogP contribution in [0.4, 0.5) is 5.13 Å². The molecule has 0 saturated heterocycles. The second-order valence-corrected chi connectivity index (χ2v) is 8.82. The summed E-state index contributed by atoms with van der Waals surface area (Å²) in [6.45, 7) is 0. The SMILES string of the molecule is CS(=O)(=O)c1ccc2nc(NC(=O)CCc3ccc(C#N)cc3)sc2c1. The number of anilines is 1. The van der Waals surface area contributed by atoms with Crippen molar-refractivity contribution in [2.24, 2.45) is 0 Å². The summed E-state index contributed by atoms with van der Waals surface area (Å²) in [5.74, 6) is -0.170. The Balaban J connectivity index is 1.66. The lowest BCUT2D eigenvalue weighted by Crippen LogP contribution is -2.12. The minimum absolute atomic E-state index is 0.170. The highest BCUT2D eigenvalue weighted by Gasteiger charge is 2.12.